The molecule has 0 aromatic rings. The molecule has 2 heterocycles. The SMILES string of the molecule is CC1CN(C(=O)OC(C)(C)C)C(C)CN1.CC1CN(C(=O)OC(C)(C)C)C(C)CN1.O=C(O)C(=O)O. The first-order chi connectivity index (χ1) is 16.2. The lowest BCUT2D eigenvalue weighted by molar-refractivity contribution is -0.159. The Balaban J connectivity index is 0.000000558. The zero-order valence-electron chi connectivity index (χ0n) is 23.4. The first-order valence-corrected chi connectivity index (χ1v) is 12.2. The smallest absolute Gasteiger partial charge is 0.414 e. The lowest BCUT2D eigenvalue weighted by Crippen LogP contribution is -2.57. The molecule has 0 aliphatic carbocycles. The van der Waals surface area contributed by atoms with Gasteiger partial charge in [0.25, 0.3) is 0 Å². The molecule has 2 aliphatic rings. The van der Waals surface area contributed by atoms with Crippen molar-refractivity contribution in [1.82, 2.24) is 20.4 Å². The minimum atomic E-state index is -1.82. The summed E-state index contributed by atoms with van der Waals surface area (Å²) in [6, 6.07) is 1.09. The van der Waals surface area contributed by atoms with Gasteiger partial charge in [-0.25, -0.2) is 19.2 Å². The average Bonchev–Trinajstić information content (AvgIpc) is 2.70. The second kappa shape index (κ2) is 14.2. The van der Waals surface area contributed by atoms with Crippen LogP contribution in [0.3, 0.4) is 0 Å². The molecule has 0 bridgehead atoms. The Bertz CT molecular complexity index is 685. The standard InChI is InChI=1S/2C11H22N2O2.C2H2O4/c2*1-8-7-13(9(2)6-12-8)10(14)15-11(3,4)5;3-1(4)2(5)6/h2*8-9,12H,6-7H2,1-5H3;(H,3,4)(H,5,6). The van der Waals surface area contributed by atoms with Crippen LogP contribution in [0.5, 0.6) is 0 Å². The molecular formula is C24H46N4O8. The van der Waals surface area contributed by atoms with Gasteiger partial charge in [-0.05, 0) is 69.2 Å². The fraction of sp³-hybridized carbons (Fsp3) is 0.833. The zero-order chi connectivity index (χ0) is 28.4. The summed E-state index contributed by atoms with van der Waals surface area (Å²) in [6.45, 7) is 22.7. The highest BCUT2D eigenvalue weighted by atomic mass is 16.6. The van der Waals surface area contributed by atoms with Gasteiger partial charge < -0.3 is 40.1 Å². The molecule has 4 unspecified atom stereocenters. The van der Waals surface area contributed by atoms with E-state index in [4.69, 9.17) is 29.3 Å². The van der Waals surface area contributed by atoms with E-state index in [0.717, 1.165) is 26.2 Å². The molecule has 2 amide bonds. The maximum Gasteiger partial charge on any atom is 0.414 e. The van der Waals surface area contributed by atoms with Gasteiger partial charge in [0.15, 0.2) is 0 Å². The summed E-state index contributed by atoms with van der Waals surface area (Å²) < 4.78 is 10.7. The van der Waals surface area contributed by atoms with Crippen molar-refractivity contribution in [2.45, 2.75) is 105 Å². The molecule has 2 saturated heterocycles. The van der Waals surface area contributed by atoms with Gasteiger partial charge in [0, 0.05) is 50.3 Å². The van der Waals surface area contributed by atoms with Gasteiger partial charge in [0.2, 0.25) is 0 Å². The third kappa shape index (κ3) is 14.1. The van der Waals surface area contributed by atoms with Gasteiger partial charge in [-0.15, -0.1) is 0 Å². The van der Waals surface area contributed by atoms with E-state index in [9.17, 15) is 9.59 Å². The summed E-state index contributed by atoms with van der Waals surface area (Å²) in [4.78, 5) is 45.5. The van der Waals surface area contributed by atoms with E-state index < -0.39 is 23.1 Å². The molecule has 4 N–H and O–H groups in total. The number of carboxylic acid groups (broad SMARTS) is 2. The van der Waals surface area contributed by atoms with Crippen LogP contribution in [0.15, 0.2) is 0 Å². The van der Waals surface area contributed by atoms with Crippen molar-refractivity contribution in [2.75, 3.05) is 26.2 Å². The van der Waals surface area contributed by atoms with Crippen LogP contribution in [-0.4, -0.2) is 106 Å². The van der Waals surface area contributed by atoms with E-state index in [1.807, 2.05) is 55.4 Å². The first kappa shape index (κ1) is 33.4. The van der Waals surface area contributed by atoms with Crippen LogP contribution in [0.25, 0.3) is 0 Å². The highest BCUT2D eigenvalue weighted by Gasteiger charge is 2.31. The van der Waals surface area contributed by atoms with Gasteiger partial charge in [-0.3, -0.25) is 0 Å². The number of hydrogen-bond donors (Lipinski definition) is 4. The highest BCUT2D eigenvalue weighted by Crippen LogP contribution is 2.15. The monoisotopic (exact) mass is 518 g/mol. The predicted molar refractivity (Wildman–Crippen MR) is 135 cm³/mol. The topological polar surface area (TPSA) is 158 Å². The van der Waals surface area contributed by atoms with E-state index in [1.165, 1.54) is 0 Å². The molecule has 4 atom stereocenters. The van der Waals surface area contributed by atoms with Crippen molar-refractivity contribution in [3.63, 3.8) is 0 Å². The van der Waals surface area contributed by atoms with Crippen LogP contribution in [0.2, 0.25) is 0 Å². The molecule has 0 aromatic heterocycles. The number of amides is 2. The molecule has 0 spiro atoms. The van der Waals surface area contributed by atoms with E-state index in [0.29, 0.717) is 12.1 Å². The number of aliphatic carboxylic acids is 2. The van der Waals surface area contributed by atoms with Crippen molar-refractivity contribution >= 4 is 24.1 Å². The van der Waals surface area contributed by atoms with E-state index in [-0.39, 0.29) is 24.3 Å². The Labute approximate surface area is 214 Å². The number of ether oxygens (including phenoxy) is 2. The third-order valence-corrected chi connectivity index (χ3v) is 4.97. The van der Waals surface area contributed by atoms with E-state index in [1.54, 1.807) is 9.80 Å². The molecular weight excluding hydrogens is 472 g/mol. The molecule has 0 saturated carbocycles. The van der Waals surface area contributed by atoms with Gasteiger partial charge in [-0.1, -0.05) is 0 Å². The summed E-state index contributed by atoms with van der Waals surface area (Å²) in [7, 11) is 0. The Morgan fingerprint density at radius 3 is 1.17 bits per heavy atom. The minimum absolute atomic E-state index is 0.205. The lowest BCUT2D eigenvalue weighted by atomic mass is 10.1. The summed E-state index contributed by atoms with van der Waals surface area (Å²) in [6.07, 6.45) is -0.410. The predicted octanol–water partition coefficient (Wildman–Crippen LogP) is 2.36. The number of nitrogens with one attached hydrogen (secondary N) is 2. The summed E-state index contributed by atoms with van der Waals surface area (Å²) in [5.41, 5.74) is -0.824. The maximum absolute atomic E-state index is 11.8. The van der Waals surface area contributed by atoms with Crippen molar-refractivity contribution < 1.29 is 38.9 Å². The van der Waals surface area contributed by atoms with Crippen LogP contribution in [-0.2, 0) is 19.1 Å². The molecule has 12 heteroatoms. The number of hydrogen-bond acceptors (Lipinski definition) is 8. The van der Waals surface area contributed by atoms with Gasteiger partial charge in [0.1, 0.15) is 11.2 Å². The van der Waals surface area contributed by atoms with Crippen molar-refractivity contribution in [1.29, 1.82) is 0 Å². The fourth-order valence-corrected chi connectivity index (χ4v) is 3.19. The van der Waals surface area contributed by atoms with Gasteiger partial charge in [0.05, 0.1) is 0 Å². The van der Waals surface area contributed by atoms with Crippen LogP contribution < -0.4 is 10.6 Å². The second-order valence-electron chi connectivity index (χ2n) is 11.2. The van der Waals surface area contributed by atoms with Crippen molar-refractivity contribution in [2.24, 2.45) is 0 Å². The number of carboxylic acids is 2. The molecule has 2 fully saturated rings. The number of rotatable bonds is 0. The summed E-state index contributed by atoms with van der Waals surface area (Å²) in [5.74, 6) is -3.65. The first-order valence-electron chi connectivity index (χ1n) is 12.2. The van der Waals surface area contributed by atoms with Gasteiger partial charge in [-0.2, -0.15) is 0 Å². The van der Waals surface area contributed by atoms with E-state index in [2.05, 4.69) is 24.5 Å². The van der Waals surface area contributed by atoms with Crippen LogP contribution in [0.1, 0.15) is 69.2 Å². The quantitative estimate of drug-likeness (QED) is 0.351. The number of carbonyl (C=O) groups excluding carboxylic acids is 2. The van der Waals surface area contributed by atoms with Crippen LogP contribution in [0, 0.1) is 0 Å². The Hall–Kier alpha value is -2.60. The van der Waals surface area contributed by atoms with Crippen LogP contribution >= 0.6 is 0 Å². The third-order valence-electron chi connectivity index (χ3n) is 4.97. The van der Waals surface area contributed by atoms with Crippen molar-refractivity contribution in [3.8, 4) is 0 Å². The Kier molecular flexibility index (Phi) is 13.2. The number of nitrogens with zero attached hydrogens (tertiary/aromatic N) is 2. The Morgan fingerprint density at radius 2 is 0.944 bits per heavy atom. The lowest BCUT2D eigenvalue weighted by Gasteiger charge is -2.38. The molecule has 210 valence electrons. The van der Waals surface area contributed by atoms with Crippen LogP contribution in [0.4, 0.5) is 9.59 Å². The average molecular weight is 519 g/mol. The molecule has 36 heavy (non-hydrogen) atoms. The largest absolute Gasteiger partial charge is 0.473 e. The molecule has 2 aliphatic heterocycles. The maximum atomic E-state index is 11.8. The Morgan fingerprint density at radius 1 is 0.667 bits per heavy atom. The fourth-order valence-electron chi connectivity index (χ4n) is 3.19. The molecule has 2 rings (SSSR count). The molecule has 0 radical (unpaired) electrons. The minimum Gasteiger partial charge on any atom is -0.473 e. The summed E-state index contributed by atoms with van der Waals surface area (Å²) in [5, 5.41) is 21.4. The number of piperazine rings is 2. The van der Waals surface area contributed by atoms with E-state index >= 15 is 0 Å². The highest BCUT2D eigenvalue weighted by molar-refractivity contribution is 6.27. The second-order valence-corrected chi connectivity index (χ2v) is 11.2. The normalized spacial score (nSPS) is 24.3. The summed E-state index contributed by atoms with van der Waals surface area (Å²) >= 11 is 0. The molecule has 0 aromatic carbocycles. The van der Waals surface area contributed by atoms with Crippen molar-refractivity contribution in [3.05, 3.63) is 0 Å². The zero-order valence-corrected chi connectivity index (χ0v) is 23.4. The van der Waals surface area contributed by atoms with Gasteiger partial charge >= 0.3 is 24.1 Å². The number of carbonyl (C=O) groups is 4. The molecule has 12 nitrogen and oxygen atoms in total.